The molecule has 0 heterocycles. The van der Waals surface area contributed by atoms with E-state index >= 15 is 0 Å². The van der Waals surface area contributed by atoms with Gasteiger partial charge in [0, 0.05) is 12.2 Å². The summed E-state index contributed by atoms with van der Waals surface area (Å²) in [6, 6.07) is 31.1. The first-order valence-corrected chi connectivity index (χ1v) is 14.8. The molecule has 4 aromatic carbocycles. The molecule has 232 valence electrons. The molecule has 3 amide bonds. The van der Waals surface area contributed by atoms with Gasteiger partial charge in [0.15, 0.2) is 0 Å². The summed E-state index contributed by atoms with van der Waals surface area (Å²) in [7, 11) is 0. The fourth-order valence-corrected chi connectivity index (χ4v) is 4.28. The summed E-state index contributed by atoms with van der Waals surface area (Å²) in [5, 5.41) is 2.66. The zero-order valence-electron chi connectivity index (χ0n) is 25.1. The minimum absolute atomic E-state index is 0.0148. The molecule has 0 bridgehead atoms. The molecule has 0 radical (unpaired) electrons. The number of amides is 3. The van der Waals surface area contributed by atoms with Crippen molar-refractivity contribution in [2.24, 2.45) is 0 Å². The van der Waals surface area contributed by atoms with Gasteiger partial charge >= 0.3 is 24.1 Å². The quantitative estimate of drug-likeness (QED) is 0.0955. The van der Waals surface area contributed by atoms with Crippen molar-refractivity contribution in [1.82, 2.24) is 4.90 Å². The van der Waals surface area contributed by atoms with Crippen LogP contribution in [-0.4, -0.2) is 42.1 Å². The van der Waals surface area contributed by atoms with Gasteiger partial charge in [-0.2, -0.15) is 0 Å². The number of carbonyl (C=O) groups is 4. The van der Waals surface area contributed by atoms with Crippen LogP contribution in [0.15, 0.2) is 109 Å². The second kappa shape index (κ2) is 17.0. The number of anilines is 1. The van der Waals surface area contributed by atoms with Crippen LogP contribution in [0.3, 0.4) is 0 Å². The molecule has 4 rings (SSSR count). The molecule has 0 saturated carbocycles. The first kappa shape index (κ1) is 32.5. The van der Waals surface area contributed by atoms with Crippen molar-refractivity contribution in [2.45, 2.75) is 39.4 Å². The standard InChI is InChI=1S/C36H36N2O7/c1-2-3-21-43-36(42)38(20-19-27-13-7-4-8-14-27)35(41)37-32-23-30(33(39)44-25-28-15-9-5-10-16-28)22-31(24-32)34(40)45-26-29-17-11-6-12-18-29/h4-18,22-24H,2-3,19-21,25-26H2,1H3,(H,37,41). The van der Waals surface area contributed by atoms with Gasteiger partial charge < -0.3 is 19.5 Å². The lowest BCUT2D eigenvalue weighted by Gasteiger charge is -2.21. The third-order valence-corrected chi connectivity index (χ3v) is 6.74. The average molecular weight is 609 g/mol. The number of carbonyl (C=O) groups excluding carboxylic acids is 4. The first-order valence-electron chi connectivity index (χ1n) is 14.8. The van der Waals surface area contributed by atoms with Crippen LogP contribution in [0.25, 0.3) is 0 Å². The van der Waals surface area contributed by atoms with E-state index in [9.17, 15) is 19.2 Å². The molecular formula is C36H36N2O7. The number of rotatable bonds is 13. The lowest BCUT2D eigenvalue weighted by Crippen LogP contribution is -2.41. The largest absolute Gasteiger partial charge is 0.457 e. The second-order valence-electron chi connectivity index (χ2n) is 10.2. The van der Waals surface area contributed by atoms with Crippen LogP contribution < -0.4 is 5.32 Å². The molecule has 0 aromatic heterocycles. The van der Waals surface area contributed by atoms with Gasteiger partial charge in [-0.15, -0.1) is 0 Å². The summed E-state index contributed by atoms with van der Waals surface area (Å²) >= 11 is 0. The van der Waals surface area contributed by atoms with E-state index in [1.165, 1.54) is 18.2 Å². The molecule has 0 unspecified atom stereocenters. The van der Waals surface area contributed by atoms with Crippen LogP contribution in [0.1, 0.15) is 57.2 Å². The van der Waals surface area contributed by atoms with Crippen LogP contribution in [0, 0.1) is 0 Å². The van der Waals surface area contributed by atoms with Gasteiger partial charge in [-0.25, -0.2) is 24.1 Å². The van der Waals surface area contributed by atoms with Crippen molar-refractivity contribution in [3.05, 3.63) is 137 Å². The second-order valence-corrected chi connectivity index (χ2v) is 10.2. The van der Waals surface area contributed by atoms with Crippen molar-refractivity contribution >= 4 is 29.8 Å². The maximum atomic E-state index is 13.5. The lowest BCUT2D eigenvalue weighted by atomic mass is 10.1. The van der Waals surface area contributed by atoms with Crippen LogP contribution >= 0.6 is 0 Å². The van der Waals surface area contributed by atoms with Gasteiger partial charge in [0.1, 0.15) is 13.2 Å². The minimum Gasteiger partial charge on any atom is -0.457 e. The van der Waals surface area contributed by atoms with E-state index in [0.29, 0.717) is 12.8 Å². The Bertz CT molecular complexity index is 1490. The Kier molecular flexibility index (Phi) is 12.3. The SMILES string of the molecule is CCCCOC(=O)N(CCc1ccccc1)C(=O)Nc1cc(C(=O)OCc2ccccc2)cc(C(=O)OCc2ccccc2)c1. The highest BCUT2D eigenvalue weighted by atomic mass is 16.6. The summed E-state index contributed by atoms with van der Waals surface area (Å²) < 4.78 is 16.3. The van der Waals surface area contributed by atoms with E-state index in [1.807, 2.05) is 97.9 Å². The highest BCUT2D eigenvalue weighted by Gasteiger charge is 2.24. The Labute approximate surface area is 262 Å². The Morgan fingerprint density at radius 2 is 1.13 bits per heavy atom. The Balaban J connectivity index is 1.55. The van der Waals surface area contributed by atoms with Gasteiger partial charge in [0.05, 0.1) is 17.7 Å². The van der Waals surface area contributed by atoms with Crippen LogP contribution in [0.2, 0.25) is 0 Å². The van der Waals surface area contributed by atoms with E-state index in [0.717, 1.165) is 28.0 Å². The molecule has 0 atom stereocenters. The fourth-order valence-electron chi connectivity index (χ4n) is 4.28. The number of hydrogen-bond acceptors (Lipinski definition) is 7. The number of nitrogens with zero attached hydrogens (tertiary/aromatic N) is 1. The molecule has 0 aliphatic carbocycles. The predicted octanol–water partition coefficient (Wildman–Crippen LogP) is 7.41. The minimum atomic E-state index is -0.794. The van der Waals surface area contributed by atoms with Gasteiger partial charge in [0.25, 0.3) is 0 Å². The lowest BCUT2D eigenvalue weighted by molar-refractivity contribution is 0.0470. The zero-order valence-corrected chi connectivity index (χ0v) is 25.1. The van der Waals surface area contributed by atoms with Crippen LogP contribution in [-0.2, 0) is 33.8 Å². The maximum Gasteiger partial charge on any atom is 0.417 e. The number of urea groups is 1. The normalized spacial score (nSPS) is 10.4. The van der Waals surface area contributed by atoms with Crippen molar-refractivity contribution in [3.63, 3.8) is 0 Å². The molecule has 45 heavy (non-hydrogen) atoms. The van der Waals surface area contributed by atoms with Gasteiger partial charge in [-0.1, -0.05) is 104 Å². The van der Waals surface area contributed by atoms with Gasteiger partial charge in [-0.3, -0.25) is 0 Å². The van der Waals surface area contributed by atoms with Crippen LogP contribution in [0.5, 0.6) is 0 Å². The van der Waals surface area contributed by atoms with Crippen molar-refractivity contribution in [2.75, 3.05) is 18.5 Å². The van der Waals surface area contributed by atoms with E-state index < -0.39 is 24.1 Å². The highest BCUT2D eigenvalue weighted by Crippen LogP contribution is 2.20. The van der Waals surface area contributed by atoms with Crippen LogP contribution in [0.4, 0.5) is 15.3 Å². The number of imide groups is 1. The topological polar surface area (TPSA) is 111 Å². The molecule has 0 fully saturated rings. The van der Waals surface area contributed by atoms with Gasteiger partial charge in [0.2, 0.25) is 0 Å². The van der Waals surface area contributed by atoms with Crippen molar-refractivity contribution in [1.29, 1.82) is 0 Å². The number of nitrogens with one attached hydrogen (secondary N) is 1. The highest BCUT2D eigenvalue weighted by molar-refractivity contribution is 6.02. The number of ether oxygens (including phenoxy) is 3. The van der Waals surface area contributed by atoms with E-state index in [4.69, 9.17) is 14.2 Å². The number of benzene rings is 4. The summed E-state index contributed by atoms with van der Waals surface area (Å²) in [6.07, 6.45) is 1.08. The van der Waals surface area contributed by atoms with Gasteiger partial charge in [-0.05, 0) is 47.7 Å². The molecule has 0 aliphatic rings. The summed E-state index contributed by atoms with van der Waals surface area (Å²) in [5.74, 6) is -1.40. The van der Waals surface area contributed by atoms with E-state index in [1.54, 1.807) is 0 Å². The molecular weight excluding hydrogens is 572 g/mol. The molecule has 1 N–H and O–H groups in total. The molecule has 4 aromatic rings. The predicted molar refractivity (Wildman–Crippen MR) is 170 cm³/mol. The number of unbranched alkanes of at least 4 members (excludes halogenated alkanes) is 1. The Morgan fingerprint density at radius 3 is 1.62 bits per heavy atom. The molecule has 9 heteroatoms. The number of esters is 2. The monoisotopic (exact) mass is 608 g/mol. The Morgan fingerprint density at radius 1 is 0.644 bits per heavy atom. The first-order chi connectivity index (χ1) is 21.9. The third kappa shape index (κ3) is 10.4. The smallest absolute Gasteiger partial charge is 0.417 e. The summed E-state index contributed by atoms with van der Waals surface area (Å²) in [4.78, 5) is 53.6. The zero-order chi connectivity index (χ0) is 31.9. The molecule has 0 aliphatic heterocycles. The average Bonchev–Trinajstić information content (AvgIpc) is 3.07. The summed E-state index contributed by atoms with van der Waals surface area (Å²) in [6.45, 7) is 2.21. The molecule has 0 saturated heterocycles. The van der Waals surface area contributed by atoms with Crippen molar-refractivity contribution < 1.29 is 33.4 Å². The summed E-state index contributed by atoms with van der Waals surface area (Å²) in [5.41, 5.74) is 2.66. The van der Waals surface area contributed by atoms with E-state index in [-0.39, 0.29) is 43.2 Å². The molecule has 9 nitrogen and oxygen atoms in total. The molecule has 0 spiro atoms. The van der Waals surface area contributed by atoms with Crippen molar-refractivity contribution in [3.8, 4) is 0 Å². The van der Waals surface area contributed by atoms with E-state index in [2.05, 4.69) is 5.32 Å². The third-order valence-electron chi connectivity index (χ3n) is 6.74. The Hall–Kier alpha value is -5.44. The maximum absolute atomic E-state index is 13.5. The number of hydrogen-bond donors (Lipinski definition) is 1. The fraction of sp³-hybridized carbons (Fsp3) is 0.222.